The fourth-order valence-electron chi connectivity index (χ4n) is 4.24. The van der Waals surface area contributed by atoms with E-state index in [1.807, 2.05) is 0 Å². The van der Waals surface area contributed by atoms with E-state index in [0.717, 1.165) is 19.3 Å². The summed E-state index contributed by atoms with van der Waals surface area (Å²) < 4.78 is 0. The van der Waals surface area contributed by atoms with Crippen molar-refractivity contribution in [3.63, 3.8) is 0 Å². The maximum absolute atomic E-state index is 2.46. The first kappa shape index (κ1) is 13.6. The molecule has 3 aliphatic carbocycles. The Bertz CT molecular complexity index is 512. The smallest absolute Gasteiger partial charge is 0.0366 e. The highest BCUT2D eigenvalue weighted by Crippen LogP contribution is 2.62. The molecule has 3 aliphatic rings. The van der Waals surface area contributed by atoms with E-state index >= 15 is 0 Å². The van der Waals surface area contributed by atoms with Crippen LogP contribution in [0, 0.1) is 5.41 Å². The van der Waals surface area contributed by atoms with E-state index in [4.69, 9.17) is 0 Å². The van der Waals surface area contributed by atoms with Crippen LogP contribution in [0.1, 0.15) is 33.1 Å². The first-order valence-corrected chi connectivity index (χ1v) is 8.65. The minimum atomic E-state index is 0.135. The van der Waals surface area contributed by atoms with Crippen molar-refractivity contribution in [1.82, 2.24) is 0 Å². The molecule has 0 aromatic heterocycles. The van der Waals surface area contributed by atoms with Crippen molar-refractivity contribution in [2.45, 2.75) is 38.1 Å². The van der Waals surface area contributed by atoms with Crippen molar-refractivity contribution in [2.24, 2.45) is 5.41 Å². The Hall–Kier alpha value is -1.34. The molecule has 0 nitrogen and oxygen atoms in total. The fraction of sp³-hybridized carbons (Fsp3) is 0.368. The van der Waals surface area contributed by atoms with Crippen LogP contribution in [0.5, 0.6) is 0 Å². The van der Waals surface area contributed by atoms with Crippen molar-refractivity contribution >= 4 is 10.2 Å². The van der Waals surface area contributed by atoms with Crippen LogP contribution in [-0.4, -0.2) is 10.2 Å². The Morgan fingerprint density at radius 3 is 1.30 bits per heavy atom. The molecule has 0 aromatic rings. The Morgan fingerprint density at radius 1 is 0.750 bits per heavy atom. The standard InChI is InChI=1S/C19H24Si/c1-18(2,20)19(15-9-3-4-10-15,16-11-5-6-12-16)17-13-7-8-14-17/h3-9,11,13H,10,12,14H2,1-2,20H3. The summed E-state index contributed by atoms with van der Waals surface area (Å²) in [6.07, 6.45) is 24.1. The Balaban J connectivity index is 2.18. The van der Waals surface area contributed by atoms with Gasteiger partial charge in [-0.1, -0.05) is 85.3 Å². The average molecular weight is 280 g/mol. The van der Waals surface area contributed by atoms with Crippen LogP contribution in [0.25, 0.3) is 0 Å². The summed E-state index contributed by atoms with van der Waals surface area (Å²) >= 11 is 0. The van der Waals surface area contributed by atoms with Gasteiger partial charge in [0.15, 0.2) is 0 Å². The predicted molar refractivity (Wildman–Crippen MR) is 91.9 cm³/mol. The minimum Gasteiger partial charge on any atom is -0.0804 e. The van der Waals surface area contributed by atoms with Crippen LogP contribution < -0.4 is 0 Å². The SMILES string of the molecule is CC(C)([SiH3])C(C1=CC=CC1)(C1=CC=CC1)C1=CC=CC1. The maximum atomic E-state index is 2.46. The van der Waals surface area contributed by atoms with Crippen molar-refractivity contribution in [3.8, 4) is 0 Å². The molecule has 1 heteroatoms. The second-order valence-electron chi connectivity index (χ2n) is 6.97. The van der Waals surface area contributed by atoms with Crippen LogP contribution in [0.2, 0.25) is 5.04 Å². The summed E-state index contributed by atoms with van der Waals surface area (Å²) in [5, 5.41) is 0.320. The van der Waals surface area contributed by atoms with E-state index in [9.17, 15) is 0 Å². The van der Waals surface area contributed by atoms with Gasteiger partial charge in [-0.2, -0.15) is 0 Å². The van der Waals surface area contributed by atoms with Gasteiger partial charge in [-0.15, -0.1) is 0 Å². The van der Waals surface area contributed by atoms with Gasteiger partial charge in [0.1, 0.15) is 0 Å². The molecule has 0 saturated heterocycles. The molecule has 0 atom stereocenters. The van der Waals surface area contributed by atoms with Crippen LogP contribution in [-0.2, 0) is 0 Å². The second kappa shape index (κ2) is 4.89. The summed E-state index contributed by atoms with van der Waals surface area (Å²) in [7, 11) is 1.18. The summed E-state index contributed by atoms with van der Waals surface area (Å²) in [6, 6.07) is 0. The van der Waals surface area contributed by atoms with Gasteiger partial charge in [-0.3, -0.25) is 0 Å². The average Bonchev–Trinajstić information content (AvgIpc) is 3.13. The molecule has 0 amide bonds. The molecule has 3 rings (SSSR count). The third-order valence-electron chi connectivity index (χ3n) is 4.88. The summed E-state index contributed by atoms with van der Waals surface area (Å²) in [4.78, 5) is 0. The number of allylic oxidation sites excluding steroid dienone is 12. The van der Waals surface area contributed by atoms with Gasteiger partial charge in [0.05, 0.1) is 0 Å². The molecule has 0 heterocycles. The molecule has 0 aromatic carbocycles. The molecule has 0 aliphatic heterocycles. The van der Waals surface area contributed by atoms with Gasteiger partial charge in [-0.25, -0.2) is 0 Å². The van der Waals surface area contributed by atoms with Crippen LogP contribution in [0.15, 0.2) is 71.4 Å². The van der Waals surface area contributed by atoms with E-state index in [1.54, 1.807) is 16.7 Å². The molecule has 0 N–H and O–H groups in total. The third-order valence-corrected chi connectivity index (χ3v) is 5.63. The highest BCUT2D eigenvalue weighted by atomic mass is 28.1. The van der Waals surface area contributed by atoms with Gasteiger partial charge in [0, 0.05) is 15.7 Å². The molecule has 0 saturated carbocycles. The van der Waals surface area contributed by atoms with Crippen molar-refractivity contribution in [3.05, 3.63) is 71.4 Å². The van der Waals surface area contributed by atoms with Crippen LogP contribution >= 0.6 is 0 Å². The monoisotopic (exact) mass is 280 g/mol. The lowest BCUT2D eigenvalue weighted by Crippen LogP contribution is -2.38. The number of hydrogen-bond acceptors (Lipinski definition) is 0. The molecule has 104 valence electrons. The van der Waals surface area contributed by atoms with Gasteiger partial charge in [0.2, 0.25) is 0 Å². The first-order valence-electron chi connectivity index (χ1n) is 7.65. The lowest BCUT2D eigenvalue weighted by Gasteiger charge is -2.49. The molecular weight excluding hydrogens is 256 g/mol. The van der Waals surface area contributed by atoms with E-state index < -0.39 is 0 Å². The number of hydrogen-bond donors (Lipinski definition) is 0. The normalized spacial score (nSPS) is 21.6. The quantitative estimate of drug-likeness (QED) is 0.677. The van der Waals surface area contributed by atoms with Crippen molar-refractivity contribution in [2.75, 3.05) is 0 Å². The lowest BCUT2D eigenvalue weighted by atomic mass is 9.60. The zero-order valence-electron chi connectivity index (χ0n) is 12.8. The highest BCUT2D eigenvalue weighted by molar-refractivity contribution is 6.16. The summed E-state index contributed by atoms with van der Waals surface area (Å²) in [5.41, 5.74) is 4.93. The summed E-state index contributed by atoms with van der Waals surface area (Å²) in [6.45, 7) is 4.91. The van der Waals surface area contributed by atoms with Crippen LogP contribution in [0.3, 0.4) is 0 Å². The Kier molecular flexibility index (Phi) is 3.33. The topological polar surface area (TPSA) is 0 Å². The van der Waals surface area contributed by atoms with Gasteiger partial charge < -0.3 is 0 Å². The van der Waals surface area contributed by atoms with E-state index in [-0.39, 0.29) is 5.41 Å². The molecular formula is C19H24Si. The van der Waals surface area contributed by atoms with Gasteiger partial charge in [0.25, 0.3) is 0 Å². The fourth-order valence-corrected chi connectivity index (χ4v) is 5.20. The lowest BCUT2D eigenvalue weighted by molar-refractivity contribution is 0.369. The molecule has 0 radical (unpaired) electrons. The van der Waals surface area contributed by atoms with E-state index in [0.29, 0.717) is 5.04 Å². The largest absolute Gasteiger partial charge is 0.0804 e. The summed E-state index contributed by atoms with van der Waals surface area (Å²) in [5.74, 6) is 0. The zero-order valence-corrected chi connectivity index (χ0v) is 14.8. The van der Waals surface area contributed by atoms with Crippen molar-refractivity contribution in [1.29, 1.82) is 0 Å². The zero-order chi connectivity index (χ0) is 14.2. The molecule has 0 unspecified atom stereocenters. The first-order chi connectivity index (χ1) is 9.57. The molecule has 0 spiro atoms. The molecule has 0 fully saturated rings. The number of rotatable bonds is 4. The molecule has 0 bridgehead atoms. The Morgan fingerprint density at radius 2 is 1.10 bits per heavy atom. The van der Waals surface area contributed by atoms with E-state index in [1.165, 1.54) is 10.2 Å². The van der Waals surface area contributed by atoms with Crippen LogP contribution in [0.4, 0.5) is 0 Å². The maximum Gasteiger partial charge on any atom is 0.0366 e. The highest BCUT2D eigenvalue weighted by Gasteiger charge is 2.49. The van der Waals surface area contributed by atoms with Crippen molar-refractivity contribution < 1.29 is 0 Å². The molecule has 20 heavy (non-hydrogen) atoms. The predicted octanol–water partition coefficient (Wildman–Crippen LogP) is 4.20. The second-order valence-corrected chi connectivity index (χ2v) is 9.47. The van der Waals surface area contributed by atoms with Gasteiger partial charge >= 0.3 is 0 Å². The van der Waals surface area contributed by atoms with E-state index in [2.05, 4.69) is 68.5 Å². The Labute approximate surface area is 125 Å². The van der Waals surface area contributed by atoms with Gasteiger partial charge in [-0.05, 0) is 24.3 Å². The minimum absolute atomic E-state index is 0.135. The third kappa shape index (κ3) is 1.88.